The first-order chi connectivity index (χ1) is 12.1. The van der Waals surface area contributed by atoms with Crippen molar-refractivity contribution in [2.24, 2.45) is 0 Å². The van der Waals surface area contributed by atoms with Gasteiger partial charge in [0.1, 0.15) is 6.04 Å². The Labute approximate surface area is 149 Å². The summed E-state index contributed by atoms with van der Waals surface area (Å²) in [6.45, 7) is 4.83. The van der Waals surface area contributed by atoms with Gasteiger partial charge >= 0.3 is 6.03 Å². The van der Waals surface area contributed by atoms with Gasteiger partial charge in [-0.3, -0.25) is 9.69 Å². The Kier molecular flexibility index (Phi) is 5.91. The molecule has 2 heterocycles. The largest absolute Gasteiger partial charge is 0.354 e. The highest BCUT2D eigenvalue weighted by atomic mass is 16.2. The lowest BCUT2D eigenvalue weighted by Gasteiger charge is -2.38. The van der Waals surface area contributed by atoms with Gasteiger partial charge in [0.15, 0.2) is 0 Å². The minimum Gasteiger partial charge on any atom is -0.354 e. The van der Waals surface area contributed by atoms with Gasteiger partial charge in [-0.25, -0.2) is 4.79 Å². The molecule has 2 fully saturated rings. The molecule has 0 radical (unpaired) electrons. The molecular formula is C19H28N4O2. The van der Waals surface area contributed by atoms with Gasteiger partial charge < -0.3 is 16.0 Å². The van der Waals surface area contributed by atoms with E-state index in [-0.39, 0.29) is 18.0 Å². The number of rotatable bonds is 4. The van der Waals surface area contributed by atoms with Crippen molar-refractivity contribution in [1.82, 2.24) is 20.9 Å². The second-order valence-electron chi connectivity index (χ2n) is 7.13. The van der Waals surface area contributed by atoms with E-state index in [0.717, 1.165) is 32.4 Å². The minimum atomic E-state index is -0.399. The van der Waals surface area contributed by atoms with Gasteiger partial charge in [0, 0.05) is 31.7 Å². The van der Waals surface area contributed by atoms with Crippen LogP contribution in [-0.4, -0.2) is 48.1 Å². The monoisotopic (exact) mass is 344 g/mol. The minimum absolute atomic E-state index is 0.0764. The van der Waals surface area contributed by atoms with E-state index in [0.29, 0.717) is 19.0 Å². The van der Waals surface area contributed by atoms with Crippen LogP contribution in [0.4, 0.5) is 4.79 Å². The highest BCUT2D eigenvalue weighted by Crippen LogP contribution is 2.20. The molecule has 25 heavy (non-hydrogen) atoms. The fourth-order valence-corrected chi connectivity index (χ4v) is 3.70. The van der Waals surface area contributed by atoms with Gasteiger partial charge in [-0.05, 0) is 38.2 Å². The lowest BCUT2D eigenvalue weighted by atomic mass is 9.97. The van der Waals surface area contributed by atoms with E-state index in [4.69, 9.17) is 0 Å². The van der Waals surface area contributed by atoms with E-state index < -0.39 is 6.04 Å². The fraction of sp³-hybridized carbons (Fsp3) is 0.579. The van der Waals surface area contributed by atoms with Crippen molar-refractivity contribution in [1.29, 1.82) is 0 Å². The van der Waals surface area contributed by atoms with Crippen LogP contribution < -0.4 is 16.0 Å². The maximum Gasteiger partial charge on any atom is 0.315 e. The summed E-state index contributed by atoms with van der Waals surface area (Å²) in [6.07, 6.45) is 3.48. The zero-order chi connectivity index (χ0) is 17.6. The molecule has 3 rings (SSSR count). The average Bonchev–Trinajstić information content (AvgIpc) is 2.60. The Morgan fingerprint density at radius 1 is 1.24 bits per heavy atom. The summed E-state index contributed by atoms with van der Waals surface area (Å²) in [7, 11) is 0. The smallest absolute Gasteiger partial charge is 0.315 e. The van der Waals surface area contributed by atoms with E-state index >= 15 is 0 Å². The molecule has 3 N–H and O–H groups in total. The number of nitrogens with one attached hydrogen (secondary N) is 3. The predicted octanol–water partition coefficient (Wildman–Crippen LogP) is 1.62. The van der Waals surface area contributed by atoms with Crippen molar-refractivity contribution in [3.05, 3.63) is 35.9 Å². The van der Waals surface area contributed by atoms with Crippen LogP contribution in [-0.2, 0) is 11.3 Å². The number of piperidine rings is 2. The summed E-state index contributed by atoms with van der Waals surface area (Å²) < 4.78 is 0. The number of likely N-dealkylation sites (tertiary alicyclic amines) is 1. The molecule has 3 amide bonds. The molecule has 0 bridgehead atoms. The first-order valence-electron chi connectivity index (χ1n) is 9.24. The molecule has 0 aromatic heterocycles. The lowest BCUT2D eigenvalue weighted by Crippen LogP contribution is -2.56. The van der Waals surface area contributed by atoms with E-state index in [1.165, 1.54) is 5.56 Å². The summed E-state index contributed by atoms with van der Waals surface area (Å²) >= 11 is 0. The number of hydrogen-bond donors (Lipinski definition) is 3. The van der Waals surface area contributed by atoms with E-state index in [9.17, 15) is 9.59 Å². The molecule has 2 saturated heterocycles. The number of carbonyl (C=O) groups excluding carboxylic acids is 2. The predicted molar refractivity (Wildman–Crippen MR) is 97.0 cm³/mol. The Bertz CT molecular complexity index is 592. The lowest BCUT2D eigenvalue weighted by molar-refractivity contribution is -0.124. The normalized spacial score (nSPS) is 27.4. The van der Waals surface area contributed by atoms with E-state index in [1.54, 1.807) is 0 Å². The van der Waals surface area contributed by atoms with Crippen LogP contribution in [0.25, 0.3) is 0 Å². The molecule has 0 unspecified atom stereocenters. The van der Waals surface area contributed by atoms with Crippen LogP contribution in [0.3, 0.4) is 0 Å². The van der Waals surface area contributed by atoms with Gasteiger partial charge in [0.2, 0.25) is 5.91 Å². The number of urea groups is 1. The van der Waals surface area contributed by atoms with Crippen LogP contribution in [0.5, 0.6) is 0 Å². The molecule has 2 aliphatic heterocycles. The quantitative estimate of drug-likeness (QED) is 0.777. The van der Waals surface area contributed by atoms with Crippen molar-refractivity contribution in [2.45, 2.75) is 57.3 Å². The van der Waals surface area contributed by atoms with E-state index in [2.05, 4.69) is 52.0 Å². The summed E-state index contributed by atoms with van der Waals surface area (Å²) in [5.74, 6) is -0.0764. The highest BCUT2D eigenvalue weighted by Gasteiger charge is 2.28. The van der Waals surface area contributed by atoms with Crippen molar-refractivity contribution in [3.8, 4) is 0 Å². The van der Waals surface area contributed by atoms with Gasteiger partial charge in [0.25, 0.3) is 0 Å². The summed E-state index contributed by atoms with van der Waals surface area (Å²) in [4.78, 5) is 26.4. The molecular weight excluding hydrogens is 316 g/mol. The maximum absolute atomic E-state index is 12.2. The fourth-order valence-electron chi connectivity index (χ4n) is 3.70. The van der Waals surface area contributed by atoms with Crippen LogP contribution >= 0.6 is 0 Å². The zero-order valence-electron chi connectivity index (χ0n) is 14.8. The number of amides is 3. The third-order valence-corrected chi connectivity index (χ3v) is 5.17. The van der Waals surface area contributed by atoms with Crippen LogP contribution in [0.2, 0.25) is 0 Å². The average molecular weight is 344 g/mol. The Morgan fingerprint density at radius 2 is 2.04 bits per heavy atom. The van der Waals surface area contributed by atoms with Gasteiger partial charge in [0.05, 0.1) is 0 Å². The molecule has 136 valence electrons. The number of carbonyl (C=O) groups is 2. The second kappa shape index (κ2) is 8.34. The molecule has 6 heteroatoms. The Hall–Kier alpha value is -2.08. The third-order valence-electron chi connectivity index (χ3n) is 5.17. The third kappa shape index (κ3) is 4.95. The molecule has 1 aromatic carbocycles. The topological polar surface area (TPSA) is 73.5 Å². The van der Waals surface area contributed by atoms with Crippen molar-refractivity contribution in [3.63, 3.8) is 0 Å². The molecule has 3 atom stereocenters. The van der Waals surface area contributed by atoms with Gasteiger partial charge in [-0.1, -0.05) is 30.3 Å². The molecule has 2 aliphatic rings. The standard InChI is InChI=1S/C19H28N4O2/c1-14-12-16(9-11-23(14)13-15-6-3-2-4-7-15)21-19(25)22-17-8-5-10-20-18(17)24/h2-4,6-7,14,16-17H,5,8-13H2,1H3,(H,20,24)(H2,21,22,25)/t14-,16-,17+/m1/s1. The molecule has 0 spiro atoms. The van der Waals surface area contributed by atoms with Gasteiger partial charge in [-0.2, -0.15) is 0 Å². The van der Waals surface area contributed by atoms with Crippen LogP contribution in [0, 0.1) is 0 Å². The molecule has 0 saturated carbocycles. The summed E-state index contributed by atoms with van der Waals surface area (Å²) in [5, 5.41) is 8.64. The number of nitrogens with zero attached hydrogens (tertiary/aromatic N) is 1. The number of benzene rings is 1. The van der Waals surface area contributed by atoms with Gasteiger partial charge in [-0.15, -0.1) is 0 Å². The molecule has 1 aromatic rings. The van der Waals surface area contributed by atoms with Crippen molar-refractivity contribution >= 4 is 11.9 Å². The van der Waals surface area contributed by atoms with E-state index in [1.807, 2.05) is 6.07 Å². The number of hydrogen-bond acceptors (Lipinski definition) is 3. The first-order valence-corrected chi connectivity index (χ1v) is 9.24. The maximum atomic E-state index is 12.2. The summed E-state index contributed by atoms with van der Waals surface area (Å²) in [5.41, 5.74) is 1.32. The zero-order valence-corrected chi connectivity index (χ0v) is 14.8. The van der Waals surface area contributed by atoms with Crippen molar-refractivity contribution < 1.29 is 9.59 Å². The molecule has 0 aliphatic carbocycles. The van der Waals surface area contributed by atoms with Crippen LogP contribution in [0.1, 0.15) is 38.2 Å². The SMILES string of the molecule is C[C@@H]1C[C@H](NC(=O)N[C@H]2CCCNC2=O)CCN1Cc1ccccc1. The first kappa shape index (κ1) is 17.7. The Balaban J connectivity index is 1.44. The molecule has 6 nitrogen and oxygen atoms in total. The summed E-state index contributed by atoms with van der Waals surface area (Å²) in [6, 6.07) is 10.4. The van der Waals surface area contributed by atoms with Crippen LogP contribution in [0.15, 0.2) is 30.3 Å². The Morgan fingerprint density at radius 3 is 2.76 bits per heavy atom. The highest BCUT2D eigenvalue weighted by molar-refractivity contribution is 5.87. The second-order valence-corrected chi connectivity index (χ2v) is 7.13. The van der Waals surface area contributed by atoms with Crippen molar-refractivity contribution in [2.75, 3.05) is 13.1 Å².